The summed E-state index contributed by atoms with van der Waals surface area (Å²) < 4.78 is 1.54. The number of aromatic nitrogens is 3. The minimum atomic E-state index is -0.890. The summed E-state index contributed by atoms with van der Waals surface area (Å²) in [6, 6.07) is 1.45. The normalized spacial score (nSPS) is 18.9. The number of nitrogens with zero attached hydrogens (tertiary/aromatic N) is 4. The van der Waals surface area contributed by atoms with Crippen LogP contribution in [-0.2, 0) is 4.79 Å². The molecular formula is C13H14N4O3S. The first-order chi connectivity index (χ1) is 10.2. The maximum absolute atomic E-state index is 12.7. The molecule has 110 valence electrons. The van der Waals surface area contributed by atoms with Gasteiger partial charge in [0.15, 0.2) is 5.65 Å². The van der Waals surface area contributed by atoms with Gasteiger partial charge in [-0.05, 0) is 6.07 Å². The van der Waals surface area contributed by atoms with Crippen LogP contribution in [0.15, 0.2) is 24.7 Å². The van der Waals surface area contributed by atoms with Gasteiger partial charge in [0.05, 0.1) is 18.7 Å². The molecule has 7 nitrogen and oxygen atoms in total. The molecule has 8 heteroatoms. The molecule has 1 aliphatic heterocycles. The van der Waals surface area contributed by atoms with E-state index in [1.807, 2.05) is 0 Å². The molecule has 1 unspecified atom stereocenters. The molecule has 2 aromatic rings. The van der Waals surface area contributed by atoms with E-state index >= 15 is 0 Å². The molecule has 1 aliphatic rings. The zero-order chi connectivity index (χ0) is 14.8. The Morgan fingerprint density at radius 1 is 1.48 bits per heavy atom. The Morgan fingerprint density at radius 2 is 2.33 bits per heavy atom. The Morgan fingerprint density at radius 3 is 3.14 bits per heavy atom. The van der Waals surface area contributed by atoms with Gasteiger partial charge in [-0.15, -0.1) is 0 Å². The summed E-state index contributed by atoms with van der Waals surface area (Å²) in [5.41, 5.74) is 0.910. The molecule has 1 atom stereocenters. The molecule has 0 bridgehead atoms. The van der Waals surface area contributed by atoms with E-state index in [0.29, 0.717) is 23.5 Å². The van der Waals surface area contributed by atoms with Crippen LogP contribution in [0, 0.1) is 0 Å². The van der Waals surface area contributed by atoms with Crippen molar-refractivity contribution in [3.63, 3.8) is 0 Å². The number of carbonyl (C=O) groups excluding carboxylic acids is 1. The number of carboxylic acid groups (broad SMARTS) is 1. The Balaban J connectivity index is 1.90. The summed E-state index contributed by atoms with van der Waals surface area (Å²) in [6.07, 6.45) is 4.78. The van der Waals surface area contributed by atoms with Crippen molar-refractivity contribution in [2.75, 3.05) is 18.1 Å². The molecule has 0 aromatic carbocycles. The highest BCUT2D eigenvalue weighted by atomic mass is 32.2. The van der Waals surface area contributed by atoms with Crippen molar-refractivity contribution in [2.24, 2.45) is 0 Å². The minimum Gasteiger partial charge on any atom is -0.481 e. The average molecular weight is 306 g/mol. The number of fused-ring (bicyclic) bond motifs is 1. The van der Waals surface area contributed by atoms with Gasteiger partial charge in [0.1, 0.15) is 5.56 Å². The second kappa shape index (κ2) is 5.72. The van der Waals surface area contributed by atoms with E-state index in [4.69, 9.17) is 5.11 Å². The molecule has 21 heavy (non-hydrogen) atoms. The molecule has 3 rings (SSSR count). The van der Waals surface area contributed by atoms with Gasteiger partial charge >= 0.3 is 5.97 Å². The van der Waals surface area contributed by atoms with E-state index in [2.05, 4.69) is 10.1 Å². The van der Waals surface area contributed by atoms with E-state index in [-0.39, 0.29) is 18.4 Å². The molecule has 0 spiro atoms. The van der Waals surface area contributed by atoms with Gasteiger partial charge in [0.25, 0.3) is 5.91 Å². The van der Waals surface area contributed by atoms with E-state index in [1.165, 1.54) is 10.7 Å². The molecule has 0 saturated carbocycles. The van der Waals surface area contributed by atoms with Gasteiger partial charge in [-0.25, -0.2) is 9.50 Å². The van der Waals surface area contributed by atoms with Gasteiger partial charge in [-0.1, -0.05) is 0 Å². The lowest BCUT2D eigenvalue weighted by Crippen LogP contribution is -2.47. The van der Waals surface area contributed by atoms with Crippen molar-refractivity contribution in [3.05, 3.63) is 30.2 Å². The number of hydrogen-bond acceptors (Lipinski definition) is 5. The fraction of sp³-hybridized carbons (Fsp3) is 0.385. The maximum atomic E-state index is 12.7. The van der Waals surface area contributed by atoms with Crippen LogP contribution in [0.4, 0.5) is 0 Å². The van der Waals surface area contributed by atoms with E-state index < -0.39 is 5.97 Å². The van der Waals surface area contributed by atoms with Crippen molar-refractivity contribution in [1.82, 2.24) is 19.5 Å². The average Bonchev–Trinajstić information content (AvgIpc) is 2.90. The largest absolute Gasteiger partial charge is 0.481 e. The molecule has 0 radical (unpaired) electrons. The molecule has 1 fully saturated rings. The Kier molecular flexibility index (Phi) is 3.78. The van der Waals surface area contributed by atoms with E-state index in [0.717, 1.165) is 5.75 Å². The zero-order valence-corrected chi connectivity index (χ0v) is 12.0. The smallest absolute Gasteiger partial charge is 0.305 e. The predicted molar refractivity (Wildman–Crippen MR) is 77.4 cm³/mol. The lowest BCUT2D eigenvalue weighted by molar-refractivity contribution is -0.138. The van der Waals surface area contributed by atoms with Crippen LogP contribution in [0.5, 0.6) is 0 Å². The second-order valence-corrected chi connectivity index (χ2v) is 5.92. The first-order valence-corrected chi connectivity index (χ1v) is 7.71. The maximum Gasteiger partial charge on any atom is 0.305 e. The third-order valence-corrected chi connectivity index (χ3v) is 4.50. The van der Waals surface area contributed by atoms with Crippen molar-refractivity contribution in [1.29, 1.82) is 0 Å². The lowest BCUT2D eigenvalue weighted by atomic mass is 10.1. The molecular weight excluding hydrogens is 292 g/mol. The molecule has 2 aromatic heterocycles. The van der Waals surface area contributed by atoms with Crippen LogP contribution in [0.1, 0.15) is 16.8 Å². The number of amides is 1. The fourth-order valence-corrected chi connectivity index (χ4v) is 3.49. The van der Waals surface area contributed by atoms with Gasteiger partial charge in [-0.2, -0.15) is 16.9 Å². The van der Waals surface area contributed by atoms with Gasteiger partial charge in [0, 0.05) is 30.4 Å². The van der Waals surface area contributed by atoms with Crippen molar-refractivity contribution in [3.8, 4) is 0 Å². The van der Waals surface area contributed by atoms with Crippen LogP contribution >= 0.6 is 11.8 Å². The molecule has 1 saturated heterocycles. The third-order valence-electron chi connectivity index (χ3n) is 3.41. The number of carboxylic acids is 1. The second-order valence-electron chi connectivity index (χ2n) is 4.77. The highest BCUT2D eigenvalue weighted by Gasteiger charge is 2.31. The van der Waals surface area contributed by atoms with Gasteiger partial charge < -0.3 is 10.0 Å². The summed E-state index contributed by atoms with van der Waals surface area (Å²) in [7, 11) is 0. The highest BCUT2D eigenvalue weighted by molar-refractivity contribution is 7.99. The number of rotatable bonds is 3. The summed E-state index contributed by atoms with van der Waals surface area (Å²) in [4.78, 5) is 29.5. The first kappa shape index (κ1) is 13.9. The van der Waals surface area contributed by atoms with Gasteiger partial charge in [0.2, 0.25) is 0 Å². The van der Waals surface area contributed by atoms with Crippen LogP contribution < -0.4 is 0 Å². The molecule has 3 heterocycles. The number of hydrogen-bond donors (Lipinski definition) is 1. The fourth-order valence-electron chi connectivity index (χ4n) is 2.43. The molecule has 1 amide bonds. The monoisotopic (exact) mass is 306 g/mol. The Labute approximate surface area is 125 Å². The number of thioether (sulfide) groups is 1. The highest BCUT2D eigenvalue weighted by Crippen LogP contribution is 2.22. The molecule has 0 aliphatic carbocycles. The van der Waals surface area contributed by atoms with Crippen LogP contribution in [0.2, 0.25) is 0 Å². The van der Waals surface area contributed by atoms with Crippen molar-refractivity contribution in [2.45, 2.75) is 12.5 Å². The first-order valence-electron chi connectivity index (χ1n) is 6.55. The van der Waals surface area contributed by atoms with Crippen molar-refractivity contribution >= 4 is 29.3 Å². The Bertz CT molecular complexity index is 687. The SMILES string of the molecule is O=C(O)CC1CSCCN1C(=O)c1cnn2cccnc12. The summed E-state index contributed by atoms with van der Waals surface area (Å²) >= 11 is 1.67. The Hall–Kier alpha value is -2.09. The summed E-state index contributed by atoms with van der Waals surface area (Å²) in [5.74, 6) is 0.368. The number of carbonyl (C=O) groups is 2. The van der Waals surface area contributed by atoms with Crippen molar-refractivity contribution < 1.29 is 14.7 Å². The van der Waals surface area contributed by atoms with Crippen LogP contribution in [-0.4, -0.2) is 60.6 Å². The predicted octanol–water partition coefficient (Wildman–Crippen LogP) is 0.762. The summed E-state index contributed by atoms with van der Waals surface area (Å²) in [6.45, 7) is 0.547. The van der Waals surface area contributed by atoms with E-state index in [1.54, 1.807) is 35.1 Å². The van der Waals surface area contributed by atoms with E-state index in [9.17, 15) is 9.59 Å². The minimum absolute atomic E-state index is 0.0363. The number of aliphatic carboxylic acids is 1. The molecule has 1 N–H and O–H groups in total. The topological polar surface area (TPSA) is 87.8 Å². The van der Waals surface area contributed by atoms with Gasteiger partial charge in [-0.3, -0.25) is 9.59 Å². The van der Waals surface area contributed by atoms with Crippen LogP contribution in [0.3, 0.4) is 0 Å². The lowest BCUT2D eigenvalue weighted by Gasteiger charge is -2.34. The standard InChI is InChI=1S/C13H14N4O3S/c18-11(19)6-9-8-21-5-4-16(9)13(20)10-7-15-17-3-1-2-14-12(10)17/h1-3,7,9H,4-6,8H2,(H,18,19). The van der Waals surface area contributed by atoms with Crippen LogP contribution in [0.25, 0.3) is 5.65 Å². The quantitative estimate of drug-likeness (QED) is 0.901. The summed E-state index contributed by atoms with van der Waals surface area (Å²) in [5, 5.41) is 13.1. The third kappa shape index (κ3) is 2.71. The zero-order valence-electron chi connectivity index (χ0n) is 11.2.